The number of carbonyl (C=O) groups excluding carboxylic acids is 1. The van der Waals surface area contributed by atoms with Gasteiger partial charge in [0, 0.05) is 19.5 Å². The van der Waals surface area contributed by atoms with Crippen molar-refractivity contribution in [1.82, 2.24) is 4.90 Å². The summed E-state index contributed by atoms with van der Waals surface area (Å²) in [6.45, 7) is 5.41. The fourth-order valence-electron chi connectivity index (χ4n) is 2.47. The first-order chi connectivity index (χ1) is 8.31. The molecule has 0 spiro atoms. The molecule has 0 aromatic heterocycles. The van der Waals surface area contributed by atoms with Gasteiger partial charge in [-0.05, 0) is 18.4 Å². The van der Waals surface area contributed by atoms with Gasteiger partial charge in [-0.3, -0.25) is 9.69 Å². The minimum absolute atomic E-state index is 0.105. The van der Waals surface area contributed by atoms with E-state index < -0.39 is 0 Å². The zero-order valence-corrected chi connectivity index (χ0v) is 10.1. The van der Waals surface area contributed by atoms with E-state index in [1.165, 1.54) is 5.56 Å². The number of ketones is 1. The van der Waals surface area contributed by atoms with Crippen LogP contribution in [0.2, 0.25) is 0 Å². The lowest BCUT2D eigenvalue weighted by Crippen LogP contribution is -2.37. The molecule has 1 aromatic rings. The molecule has 17 heavy (non-hydrogen) atoms. The van der Waals surface area contributed by atoms with Crippen LogP contribution in [0.15, 0.2) is 43.0 Å². The highest BCUT2D eigenvalue weighted by molar-refractivity contribution is 5.85. The lowest BCUT2D eigenvalue weighted by molar-refractivity contribution is -0.121. The summed E-state index contributed by atoms with van der Waals surface area (Å²) in [5.74, 6) is 0.391. The van der Waals surface area contributed by atoms with E-state index in [0.29, 0.717) is 5.78 Å². The third kappa shape index (κ3) is 3.04. The molecule has 2 nitrogen and oxygen atoms in total. The van der Waals surface area contributed by atoms with Gasteiger partial charge < -0.3 is 0 Å². The standard InChI is InChI=1S/C15H19NO/c1-2-11-16(14-9-6-10-15(14)17)12-13-7-4-3-5-8-13/h2-5,7-8,14H,1,6,9-12H2. The first-order valence-electron chi connectivity index (χ1n) is 6.23. The van der Waals surface area contributed by atoms with E-state index in [4.69, 9.17) is 0 Å². The van der Waals surface area contributed by atoms with Gasteiger partial charge in [-0.2, -0.15) is 0 Å². The van der Waals surface area contributed by atoms with Crippen molar-refractivity contribution < 1.29 is 4.79 Å². The van der Waals surface area contributed by atoms with E-state index in [0.717, 1.165) is 32.4 Å². The lowest BCUT2D eigenvalue weighted by Gasteiger charge is -2.26. The molecular formula is C15H19NO. The maximum atomic E-state index is 11.8. The van der Waals surface area contributed by atoms with Gasteiger partial charge >= 0.3 is 0 Å². The predicted octanol–water partition coefficient (Wildman–Crippen LogP) is 2.80. The van der Waals surface area contributed by atoms with Gasteiger partial charge in [-0.15, -0.1) is 6.58 Å². The van der Waals surface area contributed by atoms with E-state index in [-0.39, 0.29) is 6.04 Å². The summed E-state index contributed by atoms with van der Waals surface area (Å²) >= 11 is 0. The Balaban J connectivity index is 2.07. The number of nitrogens with zero attached hydrogens (tertiary/aromatic N) is 1. The highest BCUT2D eigenvalue weighted by atomic mass is 16.1. The molecule has 0 aliphatic heterocycles. The summed E-state index contributed by atoms with van der Waals surface area (Å²) in [4.78, 5) is 14.0. The van der Waals surface area contributed by atoms with Crippen molar-refractivity contribution in [2.75, 3.05) is 6.54 Å². The summed E-state index contributed by atoms with van der Waals surface area (Å²) in [7, 11) is 0. The Hall–Kier alpha value is -1.41. The monoisotopic (exact) mass is 229 g/mol. The van der Waals surface area contributed by atoms with E-state index >= 15 is 0 Å². The Kier molecular flexibility index (Phi) is 4.10. The van der Waals surface area contributed by atoms with Crippen molar-refractivity contribution in [1.29, 1.82) is 0 Å². The average Bonchev–Trinajstić information content (AvgIpc) is 2.76. The molecule has 1 aliphatic rings. The molecule has 0 heterocycles. The van der Waals surface area contributed by atoms with Crippen LogP contribution >= 0.6 is 0 Å². The van der Waals surface area contributed by atoms with Crippen LogP contribution in [0.4, 0.5) is 0 Å². The molecule has 1 unspecified atom stereocenters. The van der Waals surface area contributed by atoms with Crippen LogP contribution in [0.1, 0.15) is 24.8 Å². The van der Waals surface area contributed by atoms with Crippen LogP contribution in [0.3, 0.4) is 0 Å². The summed E-state index contributed by atoms with van der Waals surface area (Å²) in [6, 6.07) is 10.4. The summed E-state index contributed by atoms with van der Waals surface area (Å²) in [5, 5.41) is 0. The maximum Gasteiger partial charge on any atom is 0.149 e. The van der Waals surface area contributed by atoms with Crippen molar-refractivity contribution in [3.8, 4) is 0 Å². The smallest absolute Gasteiger partial charge is 0.149 e. The Morgan fingerprint density at radius 2 is 2.12 bits per heavy atom. The van der Waals surface area contributed by atoms with Gasteiger partial charge in [-0.25, -0.2) is 0 Å². The molecule has 0 N–H and O–H groups in total. The molecule has 0 radical (unpaired) electrons. The fourth-order valence-corrected chi connectivity index (χ4v) is 2.47. The third-order valence-corrected chi connectivity index (χ3v) is 3.31. The fraction of sp³-hybridized carbons (Fsp3) is 0.400. The first kappa shape index (κ1) is 12.1. The normalized spacial score (nSPS) is 19.8. The molecule has 0 bridgehead atoms. The van der Waals surface area contributed by atoms with Gasteiger partial charge in [0.1, 0.15) is 5.78 Å². The quantitative estimate of drug-likeness (QED) is 0.724. The Bertz CT molecular complexity index is 385. The molecule has 90 valence electrons. The van der Waals surface area contributed by atoms with E-state index in [9.17, 15) is 4.79 Å². The number of Topliss-reactive ketones (excluding diaryl/α,β-unsaturated/α-hetero) is 1. The molecule has 2 heteroatoms. The lowest BCUT2D eigenvalue weighted by atomic mass is 10.1. The van der Waals surface area contributed by atoms with Crippen molar-refractivity contribution in [2.45, 2.75) is 31.8 Å². The van der Waals surface area contributed by atoms with Crippen LogP contribution in [0.5, 0.6) is 0 Å². The van der Waals surface area contributed by atoms with Gasteiger partial charge in [-0.1, -0.05) is 36.4 Å². The zero-order valence-electron chi connectivity index (χ0n) is 10.1. The van der Waals surface area contributed by atoms with Crippen LogP contribution in [0.25, 0.3) is 0 Å². The third-order valence-electron chi connectivity index (χ3n) is 3.31. The SMILES string of the molecule is C=CCN(Cc1ccccc1)C1CCCC1=O. The highest BCUT2D eigenvalue weighted by Gasteiger charge is 2.29. The van der Waals surface area contributed by atoms with Crippen molar-refractivity contribution in [3.63, 3.8) is 0 Å². The molecule has 0 amide bonds. The Labute approximate surface area is 103 Å². The van der Waals surface area contributed by atoms with E-state index in [1.807, 2.05) is 24.3 Å². The summed E-state index contributed by atoms with van der Waals surface area (Å²) in [6.07, 6.45) is 4.66. The largest absolute Gasteiger partial charge is 0.298 e. The first-order valence-corrected chi connectivity index (χ1v) is 6.23. The molecule has 2 rings (SSSR count). The van der Waals surface area contributed by atoms with E-state index in [2.05, 4.69) is 23.6 Å². The summed E-state index contributed by atoms with van der Waals surface area (Å²) in [5.41, 5.74) is 1.26. The molecule has 0 saturated heterocycles. The van der Waals surface area contributed by atoms with Gasteiger partial charge in [0.2, 0.25) is 0 Å². The average molecular weight is 229 g/mol. The Morgan fingerprint density at radius 3 is 2.71 bits per heavy atom. The minimum Gasteiger partial charge on any atom is -0.298 e. The maximum absolute atomic E-state index is 11.8. The topological polar surface area (TPSA) is 20.3 Å². The number of hydrogen-bond acceptors (Lipinski definition) is 2. The number of benzene rings is 1. The van der Waals surface area contributed by atoms with Crippen molar-refractivity contribution in [2.24, 2.45) is 0 Å². The van der Waals surface area contributed by atoms with Gasteiger partial charge in [0.05, 0.1) is 6.04 Å². The Morgan fingerprint density at radius 1 is 1.35 bits per heavy atom. The van der Waals surface area contributed by atoms with Crippen LogP contribution in [0, 0.1) is 0 Å². The second-order valence-corrected chi connectivity index (χ2v) is 4.58. The van der Waals surface area contributed by atoms with Crippen molar-refractivity contribution >= 4 is 5.78 Å². The zero-order chi connectivity index (χ0) is 12.1. The molecule has 1 atom stereocenters. The minimum atomic E-state index is 0.105. The van der Waals surface area contributed by atoms with Gasteiger partial charge in [0.15, 0.2) is 0 Å². The highest BCUT2D eigenvalue weighted by Crippen LogP contribution is 2.22. The van der Waals surface area contributed by atoms with Crippen molar-refractivity contribution in [3.05, 3.63) is 48.6 Å². The molecular weight excluding hydrogens is 210 g/mol. The molecule has 1 aromatic carbocycles. The number of hydrogen-bond donors (Lipinski definition) is 0. The van der Waals surface area contributed by atoms with Crippen LogP contribution < -0.4 is 0 Å². The van der Waals surface area contributed by atoms with Crippen LogP contribution in [-0.4, -0.2) is 23.3 Å². The van der Waals surface area contributed by atoms with Gasteiger partial charge in [0.25, 0.3) is 0 Å². The van der Waals surface area contributed by atoms with E-state index in [1.54, 1.807) is 0 Å². The second-order valence-electron chi connectivity index (χ2n) is 4.58. The molecule has 1 fully saturated rings. The van der Waals surface area contributed by atoms with Crippen LogP contribution in [-0.2, 0) is 11.3 Å². The molecule has 1 aliphatic carbocycles. The summed E-state index contributed by atoms with van der Waals surface area (Å²) < 4.78 is 0. The predicted molar refractivity (Wildman–Crippen MR) is 69.7 cm³/mol. The number of carbonyl (C=O) groups is 1. The molecule has 1 saturated carbocycles. The number of rotatable bonds is 5. The second kappa shape index (κ2) is 5.78.